The Morgan fingerprint density at radius 1 is 1.09 bits per heavy atom. The smallest absolute Gasteiger partial charge is 0.251 e. The molecule has 1 unspecified atom stereocenters. The first kappa shape index (κ1) is 16.5. The van der Waals surface area contributed by atoms with Crippen LogP contribution in [0.2, 0.25) is 5.02 Å². The molecular formula is C18H21ClN2O. The van der Waals surface area contributed by atoms with E-state index in [4.69, 9.17) is 11.6 Å². The van der Waals surface area contributed by atoms with Crippen molar-refractivity contribution in [1.29, 1.82) is 0 Å². The molecule has 116 valence electrons. The fourth-order valence-electron chi connectivity index (χ4n) is 2.24. The molecule has 0 aliphatic rings. The summed E-state index contributed by atoms with van der Waals surface area (Å²) in [6, 6.07) is 16.9. The largest absolute Gasteiger partial charge is 0.345 e. The van der Waals surface area contributed by atoms with Crippen molar-refractivity contribution in [2.45, 2.75) is 12.5 Å². The van der Waals surface area contributed by atoms with Crippen LogP contribution in [0.4, 0.5) is 0 Å². The van der Waals surface area contributed by atoms with E-state index >= 15 is 0 Å². The van der Waals surface area contributed by atoms with Crippen molar-refractivity contribution in [2.24, 2.45) is 0 Å². The molecule has 3 nitrogen and oxygen atoms in total. The summed E-state index contributed by atoms with van der Waals surface area (Å²) in [6.45, 7) is 0.891. The number of nitrogens with one attached hydrogen (secondary N) is 1. The summed E-state index contributed by atoms with van der Waals surface area (Å²) >= 11 is 5.95. The highest BCUT2D eigenvalue weighted by Gasteiger charge is 2.16. The number of carbonyl (C=O) groups excluding carboxylic acids is 1. The van der Waals surface area contributed by atoms with Crippen LogP contribution in [0.5, 0.6) is 0 Å². The minimum absolute atomic E-state index is 0.0348. The summed E-state index contributed by atoms with van der Waals surface area (Å²) in [4.78, 5) is 14.5. The normalized spacial score (nSPS) is 12.2. The summed E-state index contributed by atoms with van der Waals surface area (Å²) in [5.74, 6) is -0.0562. The van der Waals surface area contributed by atoms with Crippen molar-refractivity contribution < 1.29 is 4.79 Å². The van der Waals surface area contributed by atoms with Gasteiger partial charge in [0.05, 0.1) is 6.04 Å². The topological polar surface area (TPSA) is 32.3 Å². The molecule has 1 N–H and O–H groups in total. The second kappa shape index (κ2) is 7.97. The van der Waals surface area contributed by atoms with Gasteiger partial charge in [-0.05, 0) is 56.9 Å². The molecule has 0 saturated heterocycles. The number of hydrogen-bond donors (Lipinski definition) is 1. The molecule has 0 aliphatic carbocycles. The summed E-state index contributed by atoms with van der Waals surface area (Å²) < 4.78 is 0. The Hall–Kier alpha value is -1.84. The summed E-state index contributed by atoms with van der Waals surface area (Å²) in [5.41, 5.74) is 1.74. The van der Waals surface area contributed by atoms with Gasteiger partial charge >= 0.3 is 0 Å². The highest BCUT2D eigenvalue weighted by atomic mass is 35.5. The van der Waals surface area contributed by atoms with Crippen molar-refractivity contribution >= 4 is 17.5 Å². The monoisotopic (exact) mass is 316 g/mol. The number of hydrogen-bond acceptors (Lipinski definition) is 2. The predicted octanol–water partition coefficient (Wildman–Crippen LogP) is 3.76. The zero-order valence-electron chi connectivity index (χ0n) is 12.9. The van der Waals surface area contributed by atoms with Gasteiger partial charge in [-0.25, -0.2) is 0 Å². The van der Waals surface area contributed by atoms with Crippen LogP contribution in [0, 0.1) is 0 Å². The molecule has 2 aromatic rings. The molecule has 2 aromatic carbocycles. The molecule has 0 fully saturated rings. The van der Waals surface area contributed by atoms with E-state index in [-0.39, 0.29) is 11.9 Å². The Morgan fingerprint density at radius 2 is 1.73 bits per heavy atom. The van der Waals surface area contributed by atoms with Crippen molar-refractivity contribution in [2.75, 3.05) is 20.6 Å². The Labute approximate surface area is 136 Å². The van der Waals surface area contributed by atoms with Crippen molar-refractivity contribution in [1.82, 2.24) is 10.2 Å². The average molecular weight is 317 g/mol. The maximum atomic E-state index is 12.4. The minimum atomic E-state index is -0.0562. The van der Waals surface area contributed by atoms with Crippen LogP contribution in [0.25, 0.3) is 0 Å². The van der Waals surface area contributed by atoms with E-state index in [2.05, 4.69) is 10.2 Å². The molecular weight excluding hydrogens is 296 g/mol. The zero-order valence-corrected chi connectivity index (χ0v) is 13.7. The molecule has 0 bridgehead atoms. The van der Waals surface area contributed by atoms with E-state index < -0.39 is 0 Å². The third kappa shape index (κ3) is 4.86. The fraction of sp³-hybridized carbons (Fsp3) is 0.278. The van der Waals surface area contributed by atoms with Gasteiger partial charge in [-0.1, -0.05) is 41.9 Å². The maximum Gasteiger partial charge on any atom is 0.251 e. The van der Waals surface area contributed by atoms with Crippen LogP contribution in [0.1, 0.15) is 28.4 Å². The second-order valence-electron chi connectivity index (χ2n) is 5.54. The second-order valence-corrected chi connectivity index (χ2v) is 5.97. The van der Waals surface area contributed by atoms with Gasteiger partial charge in [-0.3, -0.25) is 4.79 Å². The number of benzene rings is 2. The highest BCUT2D eigenvalue weighted by molar-refractivity contribution is 6.30. The standard InChI is InChI=1S/C18H21ClN2O/c1-21(2)13-12-17(14-8-10-16(19)11-9-14)20-18(22)15-6-4-3-5-7-15/h3-11,17H,12-13H2,1-2H3,(H,20,22). The Balaban J connectivity index is 2.13. The zero-order chi connectivity index (χ0) is 15.9. The van der Waals surface area contributed by atoms with Crippen LogP contribution < -0.4 is 5.32 Å². The molecule has 0 heterocycles. The van der Waals surface area contributed by atoms with E-state index in [0.717, 1.165) is 18.5 Å². The number of carbonyl (C=O) groups is 1. The van der Waals surface area contributed by atoms with Crippen molar-refractivity contribution in [3.63, 3.8) is 0 Å². The maximum absolute atomic E-state index is 12.4. The van der Waals surface area contributed by atoms with E-state index in [1.165, 1.54) is 0 Å². The molecule has 0 aromatic heterocycles. The molecule has 0 aliphatic heterocycles. The summed E-state index contributed by atoms with van der Waals surface area (Å²) in [6.07, 6.45) is 0.840. The molecule has 0 radical (unpaired) electrons. The molecule has 1 atom stereocenters. The molecule has 0 spiro atoms. The van der Waals surface area contributed by atoms with E-state index in [9.17, 15) is 4.79 Å². The first-order chi connectivity index (χ1) is 10.6. The van der Waals surface area contributed by atoms with Crippen LogP contribution in [-0.2, 0) is 0 Å². The van der Waals surface area contributed by atoms with Gasteiger partial charge in [-0.15, -0.1) is 0 Å². The van der Waals surface area contributed by atoms with Crippen molar-refractivity contribution in [3.05, 3.63) is 70.7 Å². The predicted molar refractivity (Wildman–Crippen MR) is 91.3 cm³/mol. The van der Waals surface area contributed by atoms with Gasteiger partial charge < -0.3 is 10.2 Å². The van der Waals surface area contributed by atoms with E-state index in [1.54, 1.807) is 0 Å². The quantitative estimate of drug-likeness (QED) is 0.880. The first-order valence-corrected chi connectivity index (χ1v) is 7.70. The lowest BCUT2D eigenvalue weighted by Crippen LogP contribution is -2.31. The third-order valence-electron chi connectivity index (χ3n) is 3.48. The van der Waals surface area contributed by atoms with Crippen molar-refractivity contribution in [3.8, 4) is 0 Å². The fourth-order valence-corrected chi connectivity index (χ4v) is 2.36. The van der Waals surface area contributed by atoms with Crippen LogP contribution >= 0.6 is 11.6 Å². The van der Waals surface area contributed by atoms with Gasteiger partial charge in [0.15, 0.2) is 0 Å². The van der Waals surface area contributed by atoms with Gasteiger partial charge in [0.25, 0.3) is 5.91 Å². The summed E-state index contributed by atoms with van der Waals surface area (Å²) in [7, 11) is 4.05. The number of halogens is 1. The van der Waals surface area contributed by atoms with E-state index in [0.29, 0.717) is 10.6 Å². The van der Waals surface area contributed by atoms with Gasteiger partial charge in [0, 0.05) is 10.6 Å². The minimum Gasteiger partial charge on any atom is -0.345 e. The van der Waals surface area contributed by atoms with Crippen LogP contribution in [0.15, 0.2) is 54.6 Å². The number of nitrogens with zero attached hydrogens (tertiary/aromatic N) is 1. The Bertz CT molecular complexity index is 596. The lowest BCUT2D eigenvalue weighted by atomic mass is 10.0. The molecule has 0 saturated carbocycles. The average Bonchev–Trinajstić information content (AvgIpc) is 2.53. The summed E-state index contributed by atoms with van der Waals surface area (Å²) in [5, 5.41) is 3.81. The van der Waals surface area contributed by atoms with Gasteiger partial charge in [0.2, 0.25) is 0 Å². The van der Waals surface area contributed by atoms with E-state index in [1.807, 2.05) is 68.7 Å². The Kier molecular flexibility index (Phi) is 5.99. The molecule has 1 amide bonds. The lowest BCUT2D eigenvalue weighted by molar-refractivity contribution is 0.0932. The van der Waals surface area contributed by atoms with Crippen LogP contribution in [-0.4, -0.2) is 31.4 Å². The number of amides is 1. The highest BCUT2D eigenvalue weighted by Crippen LogP contribution is 2.20. The van der Waals surface area contributed by atoms with Gasteiger partial charge in [0.1, 0.15) is 0 Å². The SMILES string of the molecule is CN(C)CCC(NC(=O)c1ccccc1)c1ccc(Cl)cc1. The first-order valence-electron chi connectivity index (χ1n) is 7.32. The Morgan fingerprint density at radius 3 is 2.32 bits per heavy atom. The lowest BCUT2D eigenvalue weighted by Gasteiger charge is -2.21. The van der Waals surface area contributed by atoms with Crippen LogP contribution in [0.3, 0.4) is 0 Å². The molecule has 4 heteroatoms. The molecule has 2 rings (SSSR count). The molecule has 22 heavy (non-hydrogen) atoms. The van der Waals surface area contributed by atoms with Gasteiger partial charge in [-0.2, -0.15) is 0 Å². The number of rotatable bonds is 6. The third-order valence-corrected chi connectivity index (χ3v) is 3.73.